The second-order valence-electron chi connectivity index (χ2n) is 12.5. The maximum absolute atomic E-state index is 6.49. The second kappa shape index (κ2) is 8.40. The number of benzene rings is 7. The monoisotopic (exact) mass is 615 g/mol. The molecule has 0 spiro atoms. The fraction of sp³-hybridized carbons (Fsp3) is 0. The fourth-order valence-corrected chi connectivity index (χ4v) is 9.27. The molecule has 0 radical (unpaired) electrons. The Morgan fingerprint density at radius 1 is 0.511 bits per heavy atom. The second-order valence-corrected chi connectivity index (χ2v) is 13.6. The summed E-state index contributed by atoms with van der Waals surface area (Å²) < 4.78 is 9.98. The van der Waals surface area contributed by atoms with Crippen LogP contribution in [-0.4, -0.2) is 14.5 Å². The predicted octanol–water partition coefficient (Wildman–Crippen LogP) is 11.8. The molecular weight excluding hydrogens is 595 g/mol. The highest BCUT2D eigenvalue weighted by atomic mass is 32.1. The Kier molecular flexibility index (Phi) is 4.33. The predicted molar refractivity (Wildman–Crippen MR) is 196 cm³/mol. The van der Waals surface area contributed by atoms with Gasteiger partial charge in [-0.1, -0.05) is 91.0 Å². The van der Waals surface area contributed by atoms with E-state index in [9.17, 15) is 0 Å². The average Bonchev–Trinajstić information content (AvgIpc) is 3.77. The fourth-order valence-electron chi connectivity index (χ4n) is 8.20. The lowest BCUT2D eigenvalue weighted by Gasteiger charge is -2.12. The first-order chi connectivity index (χ1) is 23.3. The minimum Gasteiger partial charge on any atom is -0.456 e. The molecule has 0 saturated carbocycles. The molecule has 0 saturated heterocycles. The summed E-state index contributed by atoms with van der Waals surface area (Å²) in [4.78, 5) is 11.9. The number of furan rings is 1. The van der Waals surface area contributed by atoms with Crippen molar-refractivity contribution < 1.29 is 4.42 Å². The molecule has 0 aliphatic heterocycles. The highest BCUT2D eigenvalue weighted by Gasteiger charge is 2.27. The molecule has 0 bridgehead atoms. The Morgan fingerprint density at radius 2 is 1.23 bits per heavy atom. The Labute approximate surface area is 270 Å². The molecule has 0 fully saturated rings. The Morgan fingerprint density at radius 3 is 2.17 bits per heavy atom. The maximum Gasteiger partial charge on any atom is 0.236 e. The van der Waals surface area contributed by atoms with Gasteiger partial charge in [-0.05, 0) is 69.1 Å². The lowest BCUT2D eigenvalue weighted by Crippen LogP contribution is -2.02. The number of thiophene rings is 1. The maximum atomic E-state index is 6.49. The van der Waals surface area contributed by atoms with Crippen LogP contribution < -0.4 is 0 Å². The number of hydrogen-bond acceptors (Lipinski definition) is 4. The molecular formula is C42H21N3OS. The van der Waals surface area contributed by atoms with E-state index in [1.54, 1.807) is 11.3 Å². The van der Waals surface area contributed by atoms with Crippen molar-refractivity contribution in [3.8, 4) is 28.3 Å². The minimum atomic E-state index is 0.678. The van der Waals surface area contributed by atoms with Crippen LogP contribution in [0.4, 0.5) is 0 Å². The van der Waals surface area contributed by atoms with Gasteiger partial charge in [-0.25, -0.2) is 9.97 Å². The van der Waals surface area contributed by atoms with Crippen LogP contribution in [0.25, 0.3) is 114 Å². The van der Waals surface area contributed by atoms with Crippen LogP contribution in [0.2, 0.25) is 0 Å². The summed E-state index contributed by atoms with van der Waals surface area (Å²) in [6, 6.07) is 45.6. The summed E-state index contributed by atoms with van der Waals surface area (Å²) in [5.41, 5.74) is 8.49. The minimum absolute atomic E-state index is 0.678. The van der Waals surface area contributed by atoms with Gasteiger partial charge in [-0.3, -0.25) is 4.57 Å². The summed E-state index contributed by atoms with van der Waals surface area (Å²) in [5, 5.41) is 12.0. The van der Waals surface area contributed by atoms with E-state index in [-0.39, 0.29) is 0 Å². The zero-order valence-electron chi connectivity index (χ0n) is 24.8. The van der Waals surface area contributed by atoms with E-state index in [0.29, 0.717) is 5.95 Å². The van der Waals surface area contributed by atoms with Crippen molar-refractivity contribution >= 4 is 96.9 Å². The number of aromatic nitrogens is 3. The van der Waals surface area contributed by atoms with E-state index in [1.165, 1.54) is 64.3 Å². The molecule has 7 aromatic carbocycles. The topological polar surface area (TPSA) is 43.9 Å². The van der Waals surface area contributed by atoms with Gasteiger partial charge in [0.15, 0.2) is 0 Å². The number of nitrogens with zero attached hydrogens (tertiary/aromatic N) is 3. The van der Waals surface area contributed by atoms with E-state index in [4.69, 9.17) is 14.4 Å². The van der Waals surface area contributed by atoms with Gasteiger partial charge < -0.3 is 4.42 Å². The van der Waals surface area contributed by atoms with Gasteiger partial charge in [0.25, 0.3) is 0 Å². The van der Waals surface area contributed by atoms with Gasteiger partial charge in [0, 0.05) is 42.6 Å². The van der Waals surface area contributed by atoms with Crippen LogP contribution in [0.3, 0.4) is 0 Å². The van der Waals surface area contributed by atoms with Gasteiger partial charge >= 0.3 is 0 Å². The molecule has 1 aliphatic rings. The van der Waals surface area contributed by atoms with Gasteiger partial charge in [0.1, 0.15) is 16.0 Å². The van der Waals surface area contributed by atoms with Gasteiger partial charge in [0.2, 0.25) is 5.95 Å². The summed E-state index contributed by atoms with van der Waals surface area (Å²) in [6.45, 7) is 0. The molecule has 0 N–H and O–H groups in total. The van der Waals surface area contributed by atoms with Gasteiger partial charge in [0.05, 0.1) is 16.7 Å². The molecule has 0 amide bonds. The lowest BCUT2D eigenvalue weighted by molar-refractivity contribution is 0.669. The summed E-state index contributed by atoms with van der Waals surface area (Å²) >= 11 is 1.73. The number of fused-ring (bicyclic) bond motifs is 5. The van der Waals surface area contributed by atoms with Crippen molar-refractivity contribution in [2.75, 3.05) is 0 Å². The molecule has 0 unspecified atom stereocenters. The zero-order valence-corrected chi connectivity index (χ0v) is 25.6. The van der Waals surface area contributed by atoms with Crippen LogP contribution >= 0.6 is 11.3 Å². The standard InChI is InChI=1S/C42H21N3OS/c1-2-8-24-21-25(16-15-22(24)7-1)40-36-28-10-3-4-14-33(28)47-41(36)44-42(43-40)45-29-18-17-23-9-5-11-26-27-12-6-13-31-35(27)39-32(46-31)20-19-30(45)38(39)37(29)34(23)26/h1-21H. The Bertz CT molecular complexity index is 3200. The Hall–Kier alpha value is -6.04. The van der Waals surface area contributed by atoms with Gasteiger partial charge in [-0.2, -0.15) is 0 Å². The first kappa shape index (κ1) is 24.2. The summed E-state index contributed by atoms with van der Waals surface area (Å²) in [6.07, 6.45) is 0. The van der Waals surface area contributed by atoms with Crippen molar-refractivity contribution in [2.24, 2.45) is 0 Å². The molecule has 5 heteroatoms. The first-order valence-corrected chi connectivity index (χ1v) is 16.7. The molecule has 12 rings (SSSR count). The largest absolute Gasteiger partial charge is 0.456 e. The summed E-state index contributed by atoms with van der Waals surface area (Å²) in [5.74, 6) is 0.678. The van der Waals surface area contributed by atoms with Crippen LogP contribution in [0.15, 0.2) is 132 Å². The normalized spacial score (nSPS) is 12.7. The van der Waals surface area contributed by atoms with Crippen molar-refractivity contribution in [1.29, 1.82) is 0 Å². The van der Waals surface area contributed by atoms with Crippen LogP contribution in [0.5, 0.6) is 0 Å². The molecule has 216 valence electrons. The van der Waals surface area contributed by atoms with E-state index in [2.05, 4.69) is 132 Å². The molecule has 11 aromatic rings. The molecule has 47 heavy (non-hydrogen) atoms. The van der Waals surface area contributed by atoms with Gasteiger partial charge in [-0.15, -0.1) is 11.3 Å². The number of rotatable bonds is 2. The van der Waals surface area contributed by atoms with E-state index in [1.807, 2.05) is 0 Å². The number of hydrogen-bond donors (Lipinski definition) is 0. The highest BCUT2D eigenvalue weighted by molar-refractivity contribution is 7.25. The SMILES string of the molecule is c1ccc2cc(-c3nc(-n4c5ccc6cccc7c6c5c5c6c(ccc54)oc4cccc-7c46)nc4sc5ccccc5c34)ccc2c1. The third-order valence-corrected chi connectivity index (χ3v) is 11.2. The van der Waals surface area contributed by atoms with E-state index < -0.39 is 0 Å². The third kappa shape index (κ3) is 2.98. The zero-order chi connectivity index (χ0) is 30.4. The van der Waals surface area contributed by atoms with Crippen LogP contribution in [0, 0.1) is 0 Å². The van der Waals surface area contributed by atoms with Crippen molar-refractivity contribution in [2.45, 2.75) is 0 Å². The highest BCUT2D eigenvalue weighted by Crippen LogP contribution is 2.51. The van der Waals surface area contributed by atoms with Crippen molar-refractivity contribution in [3.63, 3.8) is 0 Å². The van der Waals surface area contributed by atoms with Crippen molar-refractivity contribution in [1.82, 2.24) is 14.5 Å². The molecule has 4 aromatic heterocycles. The van der Waals surface area contributed by atoms with Crippen LogP contribution in [-0.2, 0) is 0 Å². The van der Waals surface area contributed by atoms with E-state index >= 15 is 0 Å². The first-order valence-electron chi connectivity index (χ1n) is 15.8. The Balaban J connectivity index is 1.28. The van der Waals surface area contributed by atoms with E-state index in [0.717, 1.165) is 43.7 Å². The van der Waals surface area contributed by atoms with Crippen molar-refractivity contribution in [3.05, 3.63) is 127 Å². The molecule has 0 atom stereocenters. The van der Waals surface area contributed by atoms with Crippen LogP contribution in [0.1, 0.15) is 0 Å². The average molecular weight is 616 g/mol. The molecule has 4 heterocycles. The molecule has 4 nitrogen and oxygen atoms in total. The quantitative estimate of drug-likeness (QED) is 0.194. The summed E-state index contributed by atoms with van der Waals surface area (Å²) in [7, 11) is 0. The lowest BCUT2D eigenvalue weighted by atomic mass is 9.95. The smallest absolute Gasteiger partial charge is 0.236 e. The molecule has 1 aliphatic carbocycles. The third-order valence-electron chi connectivity index (χ3n) is 10.1.